The summed E-state index contributed by atoms with van der Waals surface area (Å²) in [4.78, 5) is 17.8. The molecule has 0 saturated heterocycles. The maximum atomic E-state index is 13.1. The molecular weight excluding hydrogens is 320 g/mol. The fourth-order valence-electron chi connectivity index (χ4n) is 2.69. The molecule has 0 radical (unpaired) electrons. The second-order valence-corrected chi connectivity index (χ2v) is 6.75. The number of aromatic nitrogens is 2. The molecule has 124 valence electrons. The van der Waals surface area contributed by atoms with Gasteiger partial charge in [0, 0.05) is 12.9 Å². The molecule has 0 aliphatic heterocycles. The van der Waals surface area contributed by atoms with Gasteiger partial charge in [-0.3, -0.25) is 9.36 Å². The lowest BCUT2D eigenvalue weighted by Crippen LogP contribution is -2.22. The van der Waals surface area contributed by atoms with Gasteiger partial charge in [-0.2, -0.15) is 0 Å². The minimum Gasteiger partial charge on any atom is -0.384 e. The highest BCUT2D eigenvalue weighted by atomic mass is 32.2. The minimum absolute atomic E-state index is 0.0348. The highest BCUT2D eigenvalue weighted by Gasteiger charge is 2.14. The van der Waals surface area contributed by atoms with Crippen molar-refractivity contribution in [2.24, 2.45) is 0 Å². The molecule has 2 aromatic carbocycles. The maximum absolute atomic E-state index is 13.1. The van der Waals surface area contributed by atoms with Crippen molar-refractivity contribution < 1.29 is 4.74 Å². The Bertz CT molecular complexity index is 934. The molecule has 3 rings (SSSR count). The molecule has 0 spiro atoms. The zero-order valence-corrected chi connectivity index (χ0v) is 14.9. The Kier molecular flexibility index (Phi) is 5.02. The van der Waals surface area contributed by atoms with E-state index in [0.717, 1.165) is 22.5 Å². The summed E-state index contributed by atoms with van der Waals surface area (Å²) in [6, 6.07) is 13.6. The summed E-state index contributed by atoms with van der Waals surface area (Å²) in [5, 5.41) is 1.33. The molecule has 0 saturated carbocycles. The van der Waals surface area contributed by atoms with Crippen molar-refractivity contribution in [2.75, 3.05) is 19.5 Å². The van der Waals surface area contributed by atoms with Gasteiger partial charge in [-0.1, -0.05) is 41.6 Å². The number of benzene rings is 2. The molecule has 4 nitrogen and oxygen atoms in total. The van der Waals surface area contributed by atoms with Crippen molar-refractivity contribution in [3.8, 4) is 5.69 Å². The monoisotopic (exact) mass is 340 g/mol. The molecular formula is C19H20N2O2S. The lowest BCUT2D eigenvalue weighted by atomic mass is 10.1. The maximum Gasteiger partial charge on any atom is 0.266 e. The van der Waals surface area contributed by atoms with Crippen LogP contribution >= 0.6 is 11.8 Å². The summed E-state index contributed by atoms with van der Waals surface area (Å²) in [5.41, 5.74) is 3.80. The Hall–Kier alpha value is -2.11. The molecule has 5 heteroatoms. The molecule has 24 heavy (non-hydrogen) atoms. The Balaban J connectivity index is 2.24. The van der Waals surface area contributed by atoms with Crippen LogP contribution in [0.2, 0.25) is 0 Å². The van der Waals surface area contributed by atoms with E-state index in [1.807, 2.05) is 50.2 Å². The molecule has 0 amide bonds. The van der Waals surface area contributed by atoms with Gasteiger partial charge in [-0.25, -0.2) is 4.98 Å². The number of hydrogen-bond acceptors (Lipinski definition) is 4. The highest BCUT2D eigenvalue weighted by molar-refractivity contribution is 7.99. The van der Waals surface area contributed by atoms with Gasteiger partial charge in [0.2, 0.25) is 0 Å². The first-order valence-electron chi connectivity index (χ1n) is 7.83. The van der Waals surface area contributed by atoms with Gasteiger partial charge in [0.25, 0.3) is 5.56 Å². The van der Waals surface area contributed by atoms with E-state index in [-0.39, 0.29) is 5.56 Å². The Labute approximate surface area is 145 Å². The van der Waals surface area contributed by atoms with E-state index >= 15 is 0 Å². The average Bonchev–Trinajstić information content (AvgIpc) is 2.57. The topological polar surface area (TPSA) is 44.1 Å². The van der Waals surface area contributed by atoms with Crippen molar-refractivity contribution >= 4 is 22.7 Å². The van der Waals surface area contributed by atoms with E-state index in [0.29, 0.717) is 17.1 Å². The molecule has 0 bridgehead atoms. The van der Waals surface area contributed by atoms with E-state index in [1.165, 1.54) is 17.3 Å². The fourth-order valence-corrected chi connectivity index (χ4v) is 3.60. The first-order chi connectivity index (χ1) is 11.6. The third-order valence-electron chi connectivity index (χ3n) is 3.86. The fraction of sp³-hybridized carbons (Fsp3) is 0.263. The number of para-hydroxylation sites is 1. The largest absolute Gasteiger partial charge is 0.384 e. The summed E-state index contributed by atoms with van der Waals surface area (Å²) >= 11 is 1.54. The number of ether oxygens (including phenoxy) is 1. The second-order valence-electron chi connectivity index (χ2n) is 5.68. The first kappa shape index (κ1) is 16.7. The third-order valence-corrected chi connectivity index (χ3v) is 4.76. The Morgan fingerprint density at radius 1 is 1.17 bits per heavy atom. The highest BCUT2D eigenvalue weighted by Crippen LogP contribution is 2.23. The van der Waals surface area contributed by atoms with Crippen molar-refractivity contribution in [3.63, 3.8) is 0 Å². The van der Waals surface area contributed by atoms with Crippen LogP contribution < -0.4 is 5.56 Å². The molecule has 0 aliphatic carbocycles. The molecule has 0 fully saturated rings. The van der Waals surface area contributed by atoms with Gasteiger partial charge < -0.3 is 4.74 Å². The van der Waals surface area contributed by atoms with Crippen LogP contribution in [0.1, 0.15) is 11.1 Å². The van der Waals surface area contributed by atoms with Crippen LogP contribution in [0, 0.1) is 13.8 Å². The van der Waals surface area contributed by atoms with Crippen LogP contribution in [0.3, 0.4) is 0 Å². The third kappa shape index (κ3) is 3.23. The van der Waals surface area contributed by atoms with Gasteiger partial charge in [-0.05, 0) is 37.6 Å². The normalized spacial score (nSPS) is 11.1. The van der Waals surface area contributed by atoms with Gasteiger partial charge >= 0.3 is 0 Å². The lowest BCUT2D eigenvalue weighted by Gasteiger charge is -2.15. The zero-order chi connectivity index (χ0) is 17.1. The van der Waals surface area contributed by atoms with E-state index in [1.54, 1.807) is 11.7 Å². The van der Waals surface area contributed by atoms with Crippen LogP contribution in [0.25, 0.3) is 16.6 Å². The zero-order valence-electron chi connectivity index (χ0n) is 14.1. The van der Waals surface area contributed by atoms with Crippen molar-refractivity contribution in [1.82, 2.24) is 9.55 Å². The molecule has 0 unspecified atom stereocenters. The van der Waals surface area contributed by atoms with Gasteiger partial charge in [0.15, 0.2) is 5.16 Å². The number of aryl methyl sites for hydroxylation is 2. The van der Waals surface area contributed by atoms with Crippen LogP contribution in [0.4, 0.5) is 0 Å². The molecule has 3 aromatic rings. The second kappa shape index (κ2) is 7.20. The summed E-state index contributed by atoms with van der Waals surface area (Å²) < 4.78 is 6.85. The van der Waals surface area contributed by atoms with Gasteiger partial charge in [0.1, 0.15) is 0 Å². The molecule has 0 aliphatic rings. The van der Waals surface area contributed by atoms with Crippen molar-refractivity contribution in [3.05, 3.63) is 63.9 Å². The van der Waals surface area contributed by atoms with Crippen LogP contribution in [-0.4, -0.2) is 29.0 Å². The summed E-state index contributed by atoms with van der Waals surface area (Å²) in [6.07, 6.45) is 0. The number of hydrogen-bond donors (Lipinski definition) is 0. The van der Waals surface area contributed by atoms with E-state index < -0.39 is 0 Å². The van der Waals surface area contributed by atoms with E-state index in [2.05, 4.69) is 6.07 Å². The number of fused-ring (bicyclic) bond motifs is 1. The van der Waals surface area contributed by atoms with E-state index in [9.17, 15) is 4.79 Å². The van der Waals surface area contributed by atoms with Crippen LogP contribution in [0.15, 0.2) is 52.4 Å². The predicted octanol–water partition coefficient (Wildman–Crippen LogP) is 3.74. The van der Waals surface area contributed by atoms with Gasteiger partial charge in [-0.15, -0.1) is 0 Å². The quantitative estimate of drug-likeness (QED) is 0.403. The smallest absolute Gasteiger partial charge is 0.266 e. The van der Waals surface area contributed by atoms with Crippen LogP contribution in [0.5, 0.6) is 0 Å². The Morgan fingerprint density at radius 3 is 2.71 bits per heavy atom. The Morgan fingerprint density at radius 2 is 1.96 bits per heavy atom. The first-order valence-corrected chi connectivity index (χ1v) is 8.81. The molecule has 0 N–H and O–H groups in total. The number of methoxy groups -OCH3 is 1. The SMILES string of the molecule is COCCSc1nc2ccccc2c(=O)n1-c1ccc(C)cc1C. The number of nitrogens with zero attached hydrogens (tertiary/aromatic N) is 2. The van der Waals surface area contributed by atoms with E-state index in [4.69, 9.17) is 9.72 Å². The number of thioether (sulfide) groups is 1. The lowest BCUT2D eigenvalue weighted by molar-refractivity contribution is 0.218. The molecule has 1 aromatic heterocycles. The standard InChI is InChI=1S/C19H20N2O2S/c1-13-8-9-17(14(2)12-13)21-18(22)15-6-4-5-7-16(15)20-19(21)24-11-10-23-3/h4-9,12H,10-11H2,1-3H3. The summed E-state index contributed by atoms with van der Waals surface area (Å²) in [6.45, 7) is 4.68. The summed E-state index contributed by atoms with van der Waals surface area (Å²) in [5.74, 6) is 0.742. The molecule has 0 atom stereocenters. The predicted molar refractivity (Wildman–Crippen MR) is 99.4 cm³/mol. The van der Waals surface area contributed by atoms with Crippen molar-refractivity contribution in [2.45, 2.75) is 19.0 Å². The minimum atomic E-state index is -0.0348. The summed E-state index contributed by atoms with van der Waals surface area (Å²) in [7, 11) is 1.67. The molecule has 1 heterocycles. The van der Waals surface area contributed by atoms with Crippen LogP contribution in [-0.2, 0) is 4.74 Å². The van der Waals surface area contributed by atoms with Gasteiger partial charge in [0.05, 0.1) is 23.2 Å². The average molecular weight is 340 g/mol. The van der Waals surface area contributed by atoms with Crippen molar-refractivity contribution in [1.29, 1.82) is 0 Å². The number of rotatable bonds is 5.